The topological polar surface area (TPSA) is 47.6 Å². The van der Waals surface area contributed by atoms with E-state index in [9.17, 15) is 4.79 Å². The van der Waals surface area contributed by atoms with Crippen molar-refractivity contribution in [1.29, 1.82) is 0 Å². The molecule has 0 aliphatic heterocycles. The van der Waals surface area contributed by atoms with Crippen LogP contribution < -0.4 is 10.1 Å². The van der Waals surface area contributed by atoms with Crippen LogP contribution in [0.25, 0.3) is 0 Å². The van der Waals surface area contributed by atoms with Gasteiger partial charge in [0.25, 0.3) is 0 Å². The second kappa shape index (κ2) is 4.50. The van der Waals surface area contributed by atoms with Crippen LogP contribution in [0.4, 0.5) is 5.69 Å². The van der Waals surface area contributed by atoms with E-state index in [4.69, 9.17) is 4.74 Å². The summed E-state index contributed by atoms with van der Waals surface area (Å²) in [4.78, 5) is 11.2. The second-order valence-electron chi connectivity index (χ2n) is 2.69. The summed E-state index contributed by atoms with van der Waals surface area (Å²) >= 11 is 0. The molecule has 1 N–H and O–H groups in total. The fraction of sp³-hybridized carbons (Fsp3) is 0.300. The van der Waals surface area contributed by atoms with E-state index in [1.54, 1.807) is 32.4 Å². The zero-order valence-corrected chi connectivity index (χ0v) is 8.46. The highest BCUT2D eigenvalue weighted by molar-refractivity contribution is 5.91. The molecular formula is C10H13NO3. The molecule has 0 bridgehead atoms. The van der Waals surface area contributed by atoms with Crippen molar-refractivity contribution < 1.29 is 14.3 Å². The summed E-state index contributed by atoms with van der Waals surface area (Å²) in [5.41, 5.74) is 1.28. The number of carbonyl (C=O) groups is 1. The van der Waals surface area contributed by atoms with E-state index in [1.807, 2.05) is 0 Å². The van der Waals surface area contributed by atoms with Gasteiger partial charge in [-0.25, -0.2) is 4.79 Å². The van der Waals surface area contributed by atoms with Crippen LogP contribution in [-0.2, 0) is 4.74 Å². The van der Waals surface area contributed by atoms with Crippen molar-refractivity contribution in [2.75, 3.05) is 26.6 Å². The summed E-state index contributed by atoms with van der Waals surface area (Å²) in [6.07, 6.45) is 0. The number of hydrogen-bond donors (Lipinski definition) is 1. The Morgan fingerprint density at radius 1 is 1.29 bits per heavy atom. The number of ether oxygens (including phenoxy) is 2. The molecule has 0 saturated heterocycles. The lowest BCUT2D eigenvalue weighted by molar-refractivity contribution is 0.0600. The van der Waals surface area contributed by atoms with Gasteiger partial charge in [0.15, 0.2) is 0 Å². The average Bonchev–Trinajstić information content (AvgIpc) is 2.27. The maximum Gasteiger partial charge on any atom is 0.338 e. The molecule has 0 atom stereocenters. The molecular weight excluding hydrogens is 182 g/mol. The Balaban J connectivity index is 3.10. The zero-order valence-electron chi connectivity index (χ0n) is 8.46. The van der Waals surface area contributed by atoms with E-state index in [1.165, 1.54) is 7.11 Å². The average molecular weight is 195 g/mol. The summed E-state index contributed by atoms with van der Waals surface area (Å²) in [5.74, 6) is 0.248. The Labute approximate surface area is 82.8 Å². The molecule has 0 fully saturated rings. The molecule has 0 aromatic heterocycles. The van der Waals surface area contributed by atoms with Gasteiger partial charge in [-0.15, -0.1) is 0 Å². The van der Waals surface area contributed by atoms with Crippen molar-refractivity contribution in [3.05, 3.63) is 23.8 Å². The van der Waals surface area contributed by atoms with Crippen LogP contribution in [-0.4, -0.2) is 27.2 Å². The molecule has 0 spiro atoms. The first-order valence-electron chi connectivity index (χ1n) is 4.16. The van der Waals surface area contributed by atoms with Crippen molar-refractivity contribution in [3.8, 4) is 5.75 Å². The molecule has 0 heterocycles. The third-order valence-electron chi connectivity index (χ3n) is 1.85. The van der Waals surface area contributed by atoms with Crippen molar-refractivity contribution in [2.45, 2.75) is 0 Å². The maximum atomic E-state index is 11.2. The Hall–Kier alpha value is -1.71. The molecule has 0 amide bonds. The van der Waals surface area contributed by atoms with Gasteiger partial charge in [-0.1, -0.05) is 0 Å². The summed E-state index contributed by atoms with van der Waals surface area (Å²) in [5, 5.41) is 2.93. The van der Waals surface area contributed by atoms with Gasteiger partial charge < -0.3 is 14.8 Å². The first-order valence-corrected chi connectivity index (χ1v) is 4.16. The molecule has 4 heteroatoms. The number of hydrogen-bond acceptors (Lipinski definition) is 4. The lowest BCUT2D eigenvalue weighted by Gasteiger charge is -2.07. The first-order chi connectivity index (χ1) is 6.71. The molecule has 14 heavy (non-hydrogen) atoms. The normalized spacial score (nSPS) is 9.36. The minimum absolute atomic E-state index is 0.375. The number of carbonyl (C=O) groups excluding carboxylic acids is 1. The predicted octanol–water partition coefficient (Wildman–Crippen LogP) is 1.52. The molecule has 0 aliphatic rings. The monoisotopic (exact) mass is 195 g/mol. The summed E-state index contributed by atoms with van der Waals surface area (Å²) in [6.45, 7) is 0. The standard InChI is InChI=1S/C10H13NO3/c1-11-8-4-7(10(12)14-3)5-9(6-8)13-2/h4-6,11H,1-3H3. The van der Waals surface area contributed by atoms with Crippen LogP contribution in [0.3, 0.4) is 0 Å². The van der Waals surface area contributed by atoms with E-state index in [0.29, 0.717) is 11.3 Å². The van der Waals surface area contributed by atoms with Crippen LogP contribution in [0.15, 0.2) is 18.2 Å². The fourth-order valence-corrected chi connectivity index (χ4v) is 1.10. The largest absolute Gasteiger partial charge is 0.497 e. The van der Waals surface area contributed by atoms with Gasteiger partial charge >= 0.3 is 5.97 Å². The molecule has 4 nitrogen and oxygen atoms in total. The molecule has 76 valence electrons. The van der Waals surface area contributed by atoms with Crippen molar-refractivity contribution in [3.63, 3.8) is 0 Å². The van der Waals surface area contributed by atoms with Gasteiger partial charge in [0.1, 0.15) is 5.75 Å². The minimum Gasteiger partial charge on any atom is -0.497 e. The number of anilines is 1. The van der Waals surface area contributed by atoms with Gasteiger partial charge in [-0.3, -0.25) is 0 Å². The predicted molar refractivity (Wildman–Crippen MR) is 53.9 cm³/mol. The number of benzene rings is 1. The number of esters is 1. The van der Waals surface area contributed by atoms with Crippen LogP contribution in [0, 0.1) is 0 Å². The highest BCUT2D eigenvalue weighted by Crippen LogP contribution is 2.20. The van der Waals surface area contributed by atoms with Gasteiger partial charge in [-0.05, 0) is 12.1 Å². The molecule has 1 aromatic carbocycles. The number of methoxy groups -OCH3 is 2. The zero-order chi connectivity index (χ0) is 10.6. The van der Waals surface area contributed by atoms with Crippen LogP contribution >= 0.6 is 0 Å². The van der Waals surface area contributed by atoms with E-state index in [0.717, 1.165) is 5.69 Å². The first kappa shape index (κ1) is 10.4. The maximum absolute atomic E-state index is 11.2. The highest BCUT2D eigenvalue weighted by Gasteiger charge is 2.08. The Morgan fingerprint density at radius 2 is 2.00 bits per heavy atom. The summed E-state index contributed by atoms with van der Waals surface area (Å²) < 4.78 is 9.66. The van der Waals surface area contributed by atoms with Crippen molar-refractivity contribution >= 4 is 11.7 Å². The van der Waals surface area contributed by atoms with E-state index >= 15 is 0 Å². The van der Waals surface area contributed by atoms with Crippen LogP contribution in [0.2, 0.25) is 0 Å². The Morgan fingerprint density at radius 3 is 2.50 bits per heavy atom. The van der Waals surface area contributed by atoms with E-state index in [2.05, 4.69) is 10.1 Å². The number of nitrogens with one attached hydrogen (secondary N) is 1. The van der Waals surface area contributed by atoms with Gasteiger partial charge in [0, 0.05) is 18.8 Å². The minimum atomic E-state index is -0.375. The Bertz CT molecular complexity index is 314. The third kappa shape index (κ3) is 2.16. The molecule has 1 aromatic rings. The lowest BCUT2D eigenvalue weighted by atomic mass is 10.2. The fourth-order valence-electron chi connectivity index (χ4n) is 1.10. The van der Waals surface area contributed by atoms with Gasteiger partial charge in [0.05, 0.1) is 19.8 Å². The number of rotatable bonds is 3. The van der Waals surface area contributed by atoms with Crippen LogP contribution in [0.1, 0.15) is 10.4 Å². The molecule has 1 rings (SSSR count). The van der Waals surface area contributed by atoms with E-state index in [-0.39, 0.29) is 5.97 Å². The molecule has 0 saturated carbocycles. The molecule has 0 aliphatic carbocycles. The highest BCUT2D eigenvalue weighted by atomic mass is 16.5. The smallest absolute Gasteiger partial charge is 0.338 e. The molecule has 0 radical (unpaired) electrons. The quantitative estimate of drug-likeness (QED) is 0.743. The lowest BCUT2D eigenvalue weighted by Crippen LogP contribution is -2.02. The second-order valence-corrected chi connectivity index (χ2v) is 2.69. The van der Waals surface area contributed by atoms with Gasteiger partial charge in [0.2, 0.25) is 0 Å². The van der Waals surface area contributed by atoms with E-state index < -0.39 is 0 Å². The SMILES string of the molecule is CNc1cc(OC)cc(C(=O)OC)c1. The summed E-state index contributed by atoms with van der Waals surface area (Å²) in [7, 11) is 4.67. The van der Waals surface area contributed by atoms with Crippen LogP contribution in [0.5, 0.6) is 5.75 Å². The van der Waals surface area contributed by atoms with Crippen molar-refractivity contribution in [1.82, 2.24) is 0 Å². The third-order valence-corrected chi connectivity index (χ3v) is 1.85. The molecule has 0 unspecified atom stereocenters. The Kier molecular flexibility index (Phi) is 3.34. The van der Waals surface area contributed by atoms with Crippen molar-refractivity contribution in [2.24, 2.45) is 0 Å². The van der Waals surface area contributed by atoms with Gasteiger partial charge in [-0.2, -0.15) is 0 Å². The summed E-state index contributed by atoms with van der Waals surface area (Å²) in [6, 6.07) is 5.13.